The number of pyridine rings is 1. The van der Waals surface area contributed by atoms with Crippen LogP contribution in [0.15, 0.2) is 53.5 Å². The Morgan fingerprint density at radius 1 is 1.23 bits per heavy atom. The Hall–Kier alpha value is -2.17. The number of halogens is 1. The van der Waals surface area contributed by atoms with Crippen molar-refractivity contribution >= 4 is 45.4 Å². The number of aromatic nitrogens is 1. The van der Waals surface area contributed by atoms with E-state index in [0.29, 0.717) is 21.0 Å². The van der Waals surface area contributed by atoms with Gasteiger partial charge < -0.3 is 10.3 Å². The molecule has 1 heterocycles. The summed E-state index contributed by atoms with van der Waals surface area (Å²) in [6.07, 6.45) is 1.64. The molecular formula is C17H13ClN2OS. The third-order valence-corrected chi connectivity index (χ3v) is 3.92. The Morgan fingerprint density at radius 2 is 2.05 bits per heavy atom. The molecule has 1 aromatic heterocycles. The molecule has 0 amide bonds. The lowest BCUT2D eigenvalue weighted by Gasteiger charge is -2.09. The molecule has 0 unspecified atom stereocenters. The Morgan fingerprint density at radius 3 is 2.82 bits per heavy atom. The number of hydrogen-bond donors (Lipinski definition) is 2. The van der Waals surface area contributed by atoms with Gasteiger partial charge in [0.1, 0.15) is 4.99 Å². The van der Waals surface area contributed by atoms with Gasteiger partial charge in [-0.25, -0.2) is 0 Å². The first kappa shape index (κ1) is 14.8. The van der Waals surface area contributed by atoms with Crippen molar-refractivity contribution in [2.45, 2.75) is 6.92 Å². The molecule has 0 atom stereocenters. The molecule has 0 spiro atoms. The maximum absolute atomic E-state index is 12.6. The summed E-state index contributed by atoms with van der Waals surface area (Å²) < 4.78 is 0. The summed E-state index contributed by atoms with van der Waals surface area (Å²) in [6.45, 7) is 1.98. The van der Waals surface area contributed by atoms with Crippen LogP contribution in [0.25, 0.3) is 10.9 Å². The number of aromatic amines is 1. The average Bonchev–Trinajstić information content (AvgIpc) is 2.47. The van der Waals surface area contributed by atoms with E-state index in [-0.39, 0.29) is 5.43 Å². The molecule has 110 valence electrons. The molecule has 0 aliphatic carbocycles. The van der Waals surface area contributed by atoms with Crippen LogP contribution in [-0.2, 0) is 0 Å². The monoisotopic (exact) mass is 328 g/mol. The van der Waals surface area contributed by atoms with Gasteiger partial charge in [0.05, 0.1) is 5.56 Å². The van der Waals surface area contributed by atoms with Gasteiger partial charge in [0.2, 0.25) is 0 Å². The largest absolute Gasteiger partial charge is 0.360 e. The second kappa shape index (κ2) is 5.91. The summed E-state index contributed by atoms with van der Waals surface area (Å²) in [5.41, 5.74) is 3.00. The fourth-order valence-electron chi connectivity index (χ4n) is 2.27. The first-order chi connectivity index (χ1) is 10.5. The number of aryl methyl sites for hydroxylation is 1. The Kier molecular flexibility index (Phi) is 3.96. The summed E-state index contributed by atoms with van der Waals surface area (Å²) in [5, 5.41) is 4.27. The zero-order valence-corrected chi connectivity index (χ0v) is 13.4. The summed E-state index contributed by atoms with van der Waals surface area (Å²) in [7, 11) is 0. The van der Waals surface area contributed by atoms with Crippen LogP contribution < -0.4 is 10.7 Å². The molecule has 0 radical (unpaired) electrons. The van der Waals surface area contributed by atoms with Crippen LogP contribution in [0.3, 0.4) is 0 Å². The van der Waals surface area contributed by atoms with Gasteiger partial charge in [-0.15, -0.1) is 0 Å². The van der Waals surface area contributed by atoms with E-state index in [2.05, 4.69) is 10.3 Å². The number of thiocarbonyl (C=S) groups is 1. The van der Waals surface area contributed by atoms with Crippen molar-refractivity contribution in [1.29, 1.82) is 0 Å². The third kappa shape index (κ3) is 2.89. The second-order valence-electron chi connectivity index (χ2n) is 5.04. The quantitative estimate of drug-likeness (QED) is 0.690. The van der Waals surface area contributed by atoms with Crippen molar-refractivity contribution in [2.75, 3.05) is 5.32 Å². The zero-order valence-electron chi connectivity index (χ0n) is 11.8. The molecule has 2 N–H and O–H groups in total. The zero-order chi connectivity index (χ0) is 15.7. The van der Waals surface area contributed by atoms with Gasteiger partial charge >= 0.3 is 0 Å². The highest BCUT2D eigenvalue weighted by Crippen LogP contribution is 2.16. The van der Waals surface area contributed by atoms with E-state index >= 15 is 0 Å². The van der Waals surface area contributed by atoms with Crippen LogP contribution in [0.1, 0.15) is 11.1 Å². The van der Waals surface area contributed by atoms with E-state index in [1.165, 1.54) is 0 Å². The topological polar surface area (TPSA) is 44.9 Å². The lowest BCUT2D eigenvalue weighted by Crippen LogP contribution is -2.21. The van der Waals surface area contributed by atoms with Crippen LogP contribution in [-0.4, -0.2) is 9.97 Å². The molecule has 5 heteroatoms. The first-order valence-corrected chi connectivity index (χ1v) is 7.52. The maximum atomic E-state index is 12.6. The number of anilines is 1. The van der Waals surface area contributed by atoms with Crippen LogP contribution in [0.2, 0.25) is 5.02 Å². The molecule has 3 aromatic rings. The maximum Gasteiger partial charge on any atom is 0.199 e. The average molecular weight is 329 g/mol. The van der Waals surface area contributed by atoms with E-state index in [4.69, 9.17) is 23.8 Å². The number of H-pyrrole nitrogens is 1. The Balaban J connectivity index is 1.99. The second-order valence-corrected chi connectivity index (χ2v) is 5.89. The van der Waals surface area contributed by atoms with Gasteiger partial charge in [0.25, 0.3) is 0 Å². The van der Waals surface area contributed by atoms with E-state index in [0.717, 1.165) is 16.8 Å². The fourth-order valence-corrected chi connectivity index (χ4v) is 2.73. The van der Waals surface area contributed by atoms with E-state index < -0.39 is 0 Å². The van der Waals surface area contributed by atoms with Gasteiger partial charge in [-0.3, -0.25) is 4.79 Å². The van der Waals surface area contributed by atoms with Crippen LogP contribution >= 0.6 is 23.8 Å². The summed E-state index contributed by atoms with van der Waals surface area (Å²) in [5.74, 6) is 0. The number of benzene rings is 2. The molecule has 2 aromatic carbocycles. The van der Waals surface area contributed by atoms with Crippen LogP contribution in [0.5, 0.6) is 0 Å². The normalized spacial score (nSPS) is 10.6. The first-order valence-electron chi connectivity index (χ1n) is 6.73. The van der Waals surface area contributed by atoms with Gasteiger partial charge in [-0.05, 0) is 42.8 Å². The van der Waals surface area contributed by atoms with Crippen molar-refractivity contribution < 1.29 is 0 Å². The SMILES string of the molecule is Cc1ccc2c(=O)c(C(=S)Nc3cccc(Cl)c3)c[nH]c2c1. The van der Waals surface area contributed by atoms with Crippen molar-refractivity contribution in [3.05, 3.63) is 75.0 Å². The van der Waals surface area contributed by atoms with Crippen LogP contribution in [0.4, 0.5) is 5.69 Å². The highest BCUT2D eigenvalue weighted by Gasteiger charge is 2.10. The summed E-state index contributed by atoms with van der Waals surface area (Å²) in [6, 6.07) is 12.9. The van der Waals surface area contributed by atoms with Gasteiger partial charge in [-0.1, -0.05) is 36.0 Å². The van der Waals surface area contributed by atoms with Gasteiger partial charge in [0.15, 0.2) is 5.43 Å². The lowest BCUT2D eigenvalue weighted by atomic mass is 10.1. The lowest BCUT2D eigenvalue weighted by molar-refractivity contribution is 1.35. The summed E-state index contributed by atoms with van der Waals surface area (Å²) in [4.78, 5) is 16.1. The molecular weight excluding hydrogens is 316 g/mol. The number of hydrogen-bond acceptors (Lipinski definition) is 2. The van der Waals surface area contributed by atoms with Crippen molar-refractivity contribution in [1.82, 2.24) is 4.98 Å². The minimum atomic E-state index is -0.0896. The fraction of sp³-hybridized carbons (Fsp3) is 0.0588. The molecule has 0 aliphatic heterocycles. The van der Waals surface area contributed by atoms with Crippen molar-refractivity contribution in [3.63, 3.8) is 0 Å². The van der Waals surface area contributed by atoms with E-state index in [9.17, 15) is 4.79 Å². The molecule has 3 nitrogen and oxygen atoms in total. The predicted molar refractivity (Wildman–Crippen MR) is 96.1 cm³/mol. The molecule has 0 saturated carbocycles. The van der Waals surface area contributed by atoms with Gasteiger partial charge in [0, 0.05) is 27.8 Å². The molecule has 22 heavy (non-hydrogen) atoms. The number of fused-ring (bicyclic) bond motifs is 1. The van der Waals surface area contributed by atoms with E-state index in [1.54, 1.807) is 18.3 Å². The third-order valence-electron chi connectivity index (χ3n) is 3.36. The number of rotatable bonds is 2. The van der Waals surface area contributed by atoms with Gasteiger partial charge in [-0.2, -0.15) is 0 Å². The molecule has 0 bridgehead atoms. The molecule has 3 rings (SSSR count). The minimum Gasteiger partial charge on any atom is -0.360 e. The van der Waals surface area contributed by atoms with E-state index in [1.807, 2.05) is 37.3 Å². The highest BCUT2D eigenvalue weighted by atomic mass is 35.5. The number of nitrogens with one attached hydrogen (secondary N) is 2. The Labute approximate surface area is 137 Å². The van der Waals surface area contributed by atoms with Crippen molar-refractivity contribution in [3.8, 4) is 0 Å². The standard InChI is InChI=1S/C17H13ClN2OS/c1-10-5-6-13-15(7-10)19-9-14(16(13)21)17(22)20-12-4-2-3-11(18)8-12/h2-9H,1H3,(H,19,21)(H,20,22). The highest BCUT2D eigenvalue weighted by molar-refractivity contribution is 7.81. The smallest absolute Gasteiger partial charge is 0.199 e. The predicted octanol–water partition coefficient (Wildman–Crippen LogP) is 4.28. The van der Waals surface area contributed by atoms with Crippen LogP contribution in [0, 0.1) is 6.92 Å². The van der Waals surface area contributed by atoms with Crippen molar-refractivity contribution in [2.24, 2.45) is 0 Å². The summed E-state index contributed by atoms with van der Waals surface area (Å²) >= 11 is 11.3. The molecule has 0 aliphatic rings. The molecule has 0 saturated heterocycles. The Bertz CT molecular complexity index is 933. The minimum absolute atomic E-state index is 0.0896. The molecule has 0 fully saturated rings.